The van der Waals surface area contributed by atoms with Gasteiger partial charge in [0.2, 0.25) is 0 Å². The molecule has 0 saturated carbocycles. The monoisotopic (exact) mass is 273 g/mol. The van der Waals surface area contributed by atoms with Crippen molar-refractivity contribution in [3.8, 4) is 0 Å². The molecule has 0 aliphatic rings. The Morgan fingerprint density at radius 1 is 1.21 bits per heavy atom. The van der Waals surface area contributed by atoms with Crippen molar-refractivity contribution in [1.29, 1.82) is 0 Å². The average molecular weight is 273 g/mol. The summed E-state index contributed by atoms with van der Waals surface area (Å²) in [5, 5.41) is 4.18. The zero-order chi connectivity index (χ0) is 13.7. The normalized spacial score (nSPS) is 10.7. The Balaban J connectivity index is 2.23. The largest absolute Gasteiger partial charge is 0.313 e. The molecule has 0 bridgehead atoms. The number of aromatic nitrogens is 2. The maximum absolute atomic E-state index is 4.44. The predicted octanol–water partition coefficient (Wildman–Crippen LogP) is 3.35. The molecule has 1 N–H and O–H groups in total. The summed E-state index contributed by atoms with van der Waals surface area (Å²) in [5.74, 6) is 0. The first-order valence-corrected chi connectivity index (χ1v) is 7.28. The first-order chi connectivity index (χ1) is 9.19. The minimum Gasteiger partial charge on any atom is -0.313 e. The van der Waals surface area contributed by atoms with Crippen molar-refractivity contribution < 1.29 is 0 Å². The molecule has 0 fully saturated rings. The third-order valence-corrected chi connectivity index (χ3v) is 3.75. The molecule has 2 aromatic rings. The SMILES string of the molecule is CCNCc1cc(C)ccc1Sc1nccc(C)n1. The van der Waals surface area contributed by atoms with E-state index in [2.05, 4.69) is 47.3 Å². The molecule has 100 valence electrons. The lowest BCUT2D eigenvalue weighted by atomic mass is 10.1. The van der Waals surface area contributed by atoms with Gasteiger partial charge in [-0.2, -0.15) is 0 Å². The Bertz CT molecular complexity index is 555. The van der Waals surface area contributed by atoms with Crippen molar-refractivity contribution in [2.75, 3.05) is 6.54 Å². The fourth-order valence-corrected chi connectivity index (χ4v) is 2.68. The van der Waals surface area contributed by atoms with Crippen LogP contribution in [-0.4, -0.2) is 16.5 Å². The van der Waals surface area contributed by atoms with Crippen LogP contribution in [-0.2, 0) is 6.54 Å². The molecule has 1 aromatic carbocycles. The first-order valence-electron chi connectivity index (χ1n) is 6.47. The Labute approximate surface area is 118 Å². The molecule has 0 aliphatic carbocycles. The van der Waals surface area contributed by atoms with Gasteiger partial charge in [0.05, 0.1) is 0 Å². The molecule has 19 heavy (non-hydrogen) atoms. The summed E-state index contributed by atoms with van der Waals surface area (Å²) in [6, 6.07) is 8.42. The molecule has 0 spiro atoms. The van der Waals surface area contributed by atoms with Crippen LogP contribution in [0.5, 0.6) is 0 Å². The van der Waals surface area contributed by atoms with Gasteiger partial charge in [-0.05, 0) is 49.9 Å². The predicted molar refractivity (Wildman–Crippen MR) is 79.5 cm³/mol. The van der Waals surface area contributed by atoms with Gasteiger partial charge in [-0.15, -0.1) is 0 Å². The highest BCUT2D eigenvalue weighted by Crippen LogP contribution is 2.28. The van der Waals surface area contributed by atoms with Gasteiger partial charge in [0.25, 0.3) is 0 Å². The van der Waals surface area contributed by atoms with Crippen LogP contribution in [0.4, 0.5) is 0 Å². The molecular formula is C15H19N3S. The highest BCUT2D eigenvalue weighted by Gasteiger charge is 2.06. The van der Waals surface area contributed by atoms with Gasteiger partial charge in [0.1, 0.15) is 0 Å². The number of nitrogens with zero attached hydrogens (tertiary/aromatic N) is 2. The number of aryl methyl sites for hydroxylation is 2. The van der Waals surface area contributed by atoms with Crippen molar-refractivity contribution in [3.05, 3.63) is 47.3 Å². The lowest BCUT2D eigenvalue weighted by molar-refractivity contribution is 0.717. The van der Waals surface area contributed by atoms with E-state index >= 15 is 0 Å². The third-order valence-electron chi connectivity index (χ3n) is 2.76. The van der Waals surface area contributed by atoms with Crippen LogP contribution >= 0.6 is 11.8 Å². The molecule has 4 heteroatoms. The molecule has 0 atom stereocenters. The summed E-state index contributed by atoms with van der Waals surface area (Å²) in [5.41, 5.74) is 3.58. The van der Waals surface area contributed by atoms with Gasteiger partial charge in [0.15, 0.2) is 5.16 Å². The summed E-state index contributed by atoms with van der Waals surface area (Å²) in [4.78, 5) is 9.97. The molecule has 1 aromatic heterocycles. The van der Waals surface area contributed by atoms with E-state index in [1.807, 2.05) is 19.2 Å². The van der Waals surface area contributed by atoms with Gasteiger partial charge >= 0.3 is 0 Å². The van der Waals surface area contributed by atoms with Crippen molar-refractivity contribution in [2.45, 2.75) is 37.4 Å². The molecule has 0 aliphatic heterocycles. The number of nitrogens with one attached hydrogen (secondary N) is 1. The van der Waals surface area contributed by atoms with E-state index < -0.39 is 0 Å². The second kappa shape index (κ2) is 6.68. The summed E-state index contributed by atoms with van der Waals surface area (Å²) >= 11 is 1.63. The lowest BCUT2D eigenvalue weighted by Gasteiger charge is -2.10. The van der Waals surface area contributed by atoms with Crippen molar-refractivity contribution in [1.82, 2.24) is 15.3 Å². The standard InChI is InChI=1S/C15H19N3S/c1-4-16-10-13-9-11(2)5-6-14(13)19-15-17-8-7-12(3)18-15/h5-9,16H,4,10H2,1-3H3. The van der Waals surface area contributed by atoms with E-state index in [1.54, 1.807) is 11.8 Å². The Hall–Kier alpha value is -1.39. The fraction of sp³-hybridized carbons (Fsp3) is 0.333. The first kappa shape index (κ1) is 14.0. The van der Waals surface area contributed by atoms with Crippen LogP contribution in [0.2, 0.25) is 0 Å². The molecule has 0 radical (unpaired) electrons. The van der Waals surface area contributed by atoms with Crippen molar-refractivity contribution >= 4 is 11.8 Å². The molecular weight excluding hydrogens is 254 g/mol. The molecule has 0 saturated heterocycles. The minimum atomic E-state index is 0.807. The summed E-state index contributed by atoms with van der Waals surface area (Å²) in [7, 11) is 0. The lowest BCUT2D eigenvalue weighted by Crippen LogP contribution is -2.12. The highest BCUT2D eigenvalue weighted by molar-refractivity contribution is 7.99. The zero-order valence-electron chi connectivity index (χ0n) is 11.6. The van der Waals surface area contributed by atoms with Crippen LogP contribution in [0.25, 0.3) is 0 Å². The van der Waals surface area contributed by atoms with Gasteiger partial charge in [-0.25, -0.2) is 9.97 Å². The van der Waals surface area contributed by atoms with Crippen LogP contribution < -0.4 is 5.32 Å². The summed E-state index contributed by atoms with van der Waals surface area (Å²) < 4.78 is 0. The second-order valence-electron chi connectivity index (χ2n) is 4.47. The summed E-state index contributed by atoms with van der Waals surface area (Å²) in [6.45, 7) is 8.07. The average Bonchev–Trinajstić information content (AvgIpc) is 2.39. The molecule has 3 nitrogen and oxygen atoms in total. The third kappa shape index (κ3) is 4.04. The number of benzene rings is 1. The second-order valence-corrected chi connectivity index (χ2v) is 5.48. The highest BCUT2D eigenvalue weighted by atomic mass is 32.2. The van der Waals surface area contributed by atoms with Gasteiger partial charge < -0.3 is 5.32 Å². The van der Waals surface area contributed by atoms with E-state index in [0.717, 1.165) is 23.9 Å². The van der Waals surface area contributed by atoms with E-state index in [-0.39, 0.29) is 0 Å². The van der Waals surface area contributed by atoms with E-state index in [0.29, 0.717) is 0 Å². The minimum absolute atomic E-state index is 0.807. The zero-order valence-corrected chi connectivity index (χ0v) is 12.4. The van der Waals surface area contributed by atoms with E-state index in [1.165, 1.54) is 16.0 Å². The Morgan fingerprint density at radius 2 is 2.05 bits per heavy atom. The Morgan fingerprint density at radius 3 is 2.79 bits per heavy atom. The number of rotatable bonds is 5. The quantitative estimate of drug-likeness (QED) is 0.848. The van der Waals surface area contributed by atoms with Gasteiger partial charge in [-0.3, -0.25) is 0 Å². The number of hydrogen-bond acceptors (Lipinski definition) is 4. The Kier molecular flexibility index (Phi) is 4.93. The van der Waals surface area contributed by atoms with E-state index in [9.17, 15) is 0 Å². The van der Waals surface area contributed by atoms with Gasteiger partial charge in [-0.1, -0.05) is 24.6 Å². The van der Waals surface area contributed by atoms with Crippen LogP contribution in [0, 0.1) is 13.8 Å². The maximum Gasteiger partial charge on any atom is 0.192 e. The van der Waals surface area contributed by atoms with Crippen molar-refractivity contribution in [2.24, 2.45) is 0 Å². The van der Waals surface area contributed by atoms with E-state index in [4.69, 9.17) is 0 Å². The fourth-order valence-electron chi connectivity index (χ4n) is 1.78. The molecule has 0 amide bonds. The van der Waals surface area contributed by atoms with Crippen LogP contribution in [0.15, 0.2) is 40.5 Å². The topological polar surface area (TPSA) is 37.8 Å². The number of hydrogen-bond donors (Lipinski definition) is 1. The molecule has 1 heterocycles. The maximum atomic E-state index is 4.44. The molecule has 2 rings (SSSR count). The van der Waals surface area contributed by atoms with Crippen LogP contribution in [0.1, 0.15) is 23.7 Å². The van der Waals surface area contributed by atoms with Crippen LogP contribution in [0.3, 0.4) is 0 Å². The molecule has 0 unspecified atom stereocenters. The van der Waals surface area contributed by atoms with Gasteiger partial charge in [0, 0.05) is 23.3 Å². The van der Waals surface area contributed by atoms with Crippen molar-refractivity contribution in [3.63, 3.8) is 0 Å². The smallest absolute Gasteiger partial charge is 0.192 e. The summed E-state index contributed by atoms with van der Waals surface area (Å²) in [6.07, 6.45) is 1.81.